The average molecular weight is 530 g/mol. The Kier molecular flexibility index (Phi) is 10.1. The first kappa shape index (κ1) is 27.7. The van der Waals surface area contributed by atoms with Crippen LogP contribution in [0.4, 0.5) is 0 Å². The zero-order chi connectivity index (χ0) is 26.8. The number of H-pyrrole nitrogens is 2. The van der Waals surface area contributed by atoms with Crippen molar-refractivity contribution in [3.05, 3.63) is 54.2 Å². The summed E-state index contributed by atoms with van der Waals surface area (Å²) in [7, 11) is 0. The van der Waals surface area contributed by atoms with Crippen LogP contribution in [0.3, 0.4) is 0 Å². The number of carboxylic acids is 1. The van der Waals surface area contributed by atoms with E-state index in [2.05, 4.69) is 30.9 Å². The Morgan fingerprint density at radius 1 is 1.08 bits per heavy atom. The van der Waals surface area contributed by atoms with Crippen molar-refractivity contribution in [3.8, 4) is 0 Å². The SMILES string of the molecule is CSCCC(N)C(=O)NC(Cc1c[nH]c2ccccc12)C(=O)NCC(=O)NC(Cc1cnc[nH]1)C(=O)O. The second-order valence-electron chi connectivity index (χ2n) is 8.47. The lowest BCUT2D eigenvalue weighted by atomic mass is 10.0. The summed E-state index contributed by atoms with van der Waals surface area (Å²) >= 11 is 1.56. The highest BCUT2D eigenvalue weighted by Crippen LogP contribution is 2.19. The van der Waals surface area contributed by atoms with E-state index >= 15 is 0 Å². The van der Waals surface area contributed by atoms with Gasteiger partial charge in [0.25, 0.3) is 0 Å². The van der Waals surface area contributed by atoms with Gasteiger partial charge in [-0.2, -0.15) is 11.8 Å². The van der Waals surface area contributed by atoms with Crippen LogP contribution in [0.2, 0.25) is 0 Å². The van der Waals surface area contributed by atoms with Crippen LogP contribution >= 0.6 is 11.8 Å². The fraction of sp³-hybridized carbons (Fsp3) is 0.375. The number of thioether (sulfide) groups is 1. The number of fused-ring (bicyclic) bond motifs is 1. The number of benzene rings is 1. The molecular formula is C24H31N7O5S. The number of amides is 3. The van der Waals surface area contributed by atoms with Gasteiger partial charge in [-0.25, -0.2) is 9.78 Å². The number of nitrogens with two attached hydrogens (primary N) is 1. The van der Waals surface area contributed by atoms with E-state index in [4.69, 9.17) is 5.73 Å². The van der Waals surface area contributed by atoms with E-state index in [-0.39, 0.29) is 12.8 Å². The van der Waals surface area contributed by atoms with Crippen molar-refractivity contribution < 1.29 is 24.3 Å². The van der Waals surface area contributed by atoms with Crippen molar-refractivity contribution in [3.63, 3.8) is 0 Å². The summed E-state index contributed by atoms with van der Waals surface area (Å²) in [6.45, 7) is -0.468. The van der Waals surface area contributed by atoms with Crippen LogP contribution < -0.4 is 21.7 Å². The van der Waals surface area contributed by atoms with Gasteiger partial charge < -0.3 is 36.8 Å². The third kappa shape index (κ3) is 8.08. The zero-order valence-electron chi connectivity index (χ0n) is 20.3. The molecular weight excluding hydrogens is 498 g/mol. The monoisotopic (exact) mass is 529 g/mol. The lowest BCUT2D eigenvalue weighted by molar-refractivity contribution is -0.141. The number of carboxylic acid groups (broad SMARTS) is 1. The third-order valence-electron chi connectivity index (χ3n) is 5.74. The summed E-state index contributed by atoms with van der Waals surface area (Å²) < 4.78 is 0. The van der Waals surface area contributed by atoms with Gasteiger partial charge in [-0.3, -0.25) is 14.4 Å². The first-order chi connectivity index (χ1) is 17.8. The summed E-state index contributed by atoms with van der Waals surface area (Å²) in [5, 5.41) is 17.9. The Morgan fingerprint density at radius 2 is 1.86 bits per heavy atom. The number of nitrogens with one attached hydrogen (secondary N) is 5. The third-order valence-corrected chi connectivity index (χ3v) is 6.38. The molecule has 0 saturated heterocycles. The minimum Gasteiger partial charge on any atom is -0.480 e. The molecule has 13 heteroatoms. The van der Waals surface area contributed by atoms with Crippen LogP contribution in [-0.2, 0) is 32.0 Å². The van der Waals surface area contributed by atoms with Gasteiger partial charge in [-0.1, -0.05) is 18.2 Å². The number of aliphatic carboxylic acids is 1. The molecule has 3 unspecified atom stereocenters. The predicted molar refractivity (Wildman–Crippen MR) is 140 cm³/mol. The van der Waals surface area contributed by atoms with Crippen LogP contribution in [0, 0.1) is 0 Å². The number of aromatic amines is 2. The fourth-order valence-corrected chi connectivity index (χ4v) is 4.23. The topological polar surface area (TPSA) is 195 Å². The van der Waals surface area contributed by atoms with Gasteiger partial charge in [0.2, 0.25) is 17.7 Å². The Morgan fingerprint density at radius 3 is 2.57 bits per heavy atom. The second kappa shape index (κ2) is 13.5. The molecule has 3 aromatic rings. The Bertz CT molecular complexity index is 1210. The quantitative estimate of drug-likeness (QED) is 0.151. The van der Waals surface area contributed by atoms with E-state index < -0.39 is 48.4 Å². The molecule has 0 spiro atoms. The average Bonchev–Trinajstić information content (AvgIpc) is 3.55. The van der Waals surface area contributed by atoms with Crippen molar-refractivity contribution in [1.29, 1.82) is 0 Å². The van der Waals surface area contributed by atoms with Crippen molar-refractivity contribution in [1.82, 2.24) is 30.9 Å². The number of carbonyl (C=O) groups is 4. The van der Waals surface area contributed by atoms with Crippen LogP contribution in [-0.4, -0.2) is 80.4 Å². The molecule has 0 aliphatic heterocycles. The highest BCUT2D eigenvalue weighted by Gasteiger charge is 2.26. The van der Waals surface area contributed by atoms with E-state index in [1.54, 1.807) is 18.0 Å². The maximum Gasteiger partial charge on any atom is 0.326 e. The molecule has 0 aliphatic carbocycles. The lowest BCUT2D eigenvalue weighted by Crippen LogP contribution is -2.54. The van der Waals surface area contributed by atoms with Crippen molar-refractivity contribution >= 4 is 46.4 Å². The van der Waals surface area contributed by atoms with Gasteiger partial charge >= 0.3 is 5.97 Å². The van der Waals surface area contributed by atoms with Crippen LogP contribution in [0.15, 0.2) is 43.0 Å². The van der Waals surface area contributed by atoms with Crippen LogP contribution in [0.25, 0.3) is 10.9 Å². The molecule has 12 nitrogen and oxygen atoms in total. The summed E-state index contributed by atoms with van der Waals surface area (Å²) in [4.78, 5) is 59.5. The molecule has 8 N–H and O–H groups in total. The number of hydrogen-bond acceptors (Lipinski definition) is 7. The van der Waals surface area contributed by atoms with Crippen LogP contribution in [0.1, 0.15) is 17.7 Å². The molecule has 0 bridgehead atoms. The second-order valence-corrected chi connectivity index (χ2v) is 9.46. The molecule has 1 aromatic carbocycles. The van der Waals surface area contributed by atoms with Crippen molar-refractivity contribution in [2.75, 3.05) is 18.6 Å². The first-order valence-corrected chi connectivity index (χ1v) is 13.0. The van der Waals surface area contributed by atoms with E-state index in [0.717, 1.165) is 16.5 Å². The van der Waals surface area contributed by atoms with Crippen LogP contribution in [0.5, 0.6) is 0 Å². The van der Waals surface area contributed by atoms with E-state index in [0.29, 0.717) is 17.9 Å². The van der Waals surface area contributed by atoms with E-state index in [1.165, 1.54) is 12.5 Å². The van der Waals surface area contributed by atoms with Gasteiger partial charge in [0.05, 0.1) is 18.9 Å². The van der Waals surface area contributed by atoms with Gasteiger partial charge in [0.1, 0.15) is 12.1 Å². The summed E-state index contributed by atoms with van der Waals surface area (Å²) in [5.41, 5.74) is 8.22. The minimum absolute atomic E-state index is 0.00218. The normalized spacial score (nSPS) is 13.5. The summed E-state index contributed by atoms with van der Waals surface area (Å²) in [6, 6.07) is 4.57. The molecule has 37 heavy (non-hydrogen) atoms. The van der Waals surface area contributed by atoms with Crippen molar-refractivity contribution in [2.45, 2.75) is 37.4 Å². The molecule has 0 saturated carbocycles. The maximum absolute atomic E-state index is 13.1. The highest BCUT2D eigenvalue weighted by molar-refractivity contribution is 7.98. The molecule has 3 amide bonds. The van der Waals surface area contributed by atoms with E-state index in [1.807, 2.05) is 30.5 Å². The highest BCUT2D eigenvalue weighted by atomic mass is 32.2. The maximum atomic E-state index is 13.1. The number of imidazole rings is 1. The van der Waals surface area contributed by atoms with E-state index in [9.17, 15) is 24.3 Å². The molecule has 0 aliphatic rings. The predicted octanol–water partition coefficient (Wildman–Crippen LogP) is -0.0730. The standard InChI is InChI=1S/C24H31N7O5S/c1-37-7-6-17(25)22(33)31-19(8-14-10-27-18-5-3-2-4-16(14)18)23(34)28-12-21(32)30-20(24(35)36)9-15-11-26-13-29-15/h2-5,10-11,13,17,19-20,27H,6-9,12,25H2,1H3,(H,26,29)(H,28,34)(H,30,32)(H,31,33)(H,35,36). The molecule has 3 rings (SSSR count). The number of para-hydroxylation sites is 1. The number of aromatic nitrogens is 3. The lowest BCUT2D eigenvalue weighted by Gasteiger charge is -2.21. The molecule has 3 atom stereocenters. The summed E-state index contributed by atoms with van der Waals surface area (Å²) in [5.74, 6) is -2.28. The molecule has 198 valence electrons. The number of carbonyl (C=O) groups excluding carboxylic acids is 3. The minimum atomic E-state index is -1.22. The van der Waals surface area contributed by atoms with Crippen molar-refractivity contribution in [2.24, 2.45) is 5.73 Å². The molecule has 2 heterocycles. The Labute approximate surface area is 217 Å². The van der Waals surface area contributed by atoms with Gasteiger partial charge in [-0.05, 0) is 30.1 Å². The molecule has 0 fully saturated rings. The van der Waals surface area contributed by atoms with Gasteiger partial charge in [-0.15, -0.1) is 0 Å². The first-order valence-electron chi connectivity index (χ1n) is 11.7. The fourth-order valence-electron chi connectivity index (χ4n) is 3.74. The number of rotatable bonds is 14. The largest absolute Gasteiger partial charge is 0.480 e. The molecule has 2 aromatic heterocycles. The summed E-state index contributed by atoms with van der Waals surface area (Å²) in [6.07, 6.45) is 7.16. The zero-order valence-corrected chi connectivity index (χ0v) is 21.1. The Balaban J connectivity index is 1.65. The van der Waals surface area contributed by atoms with Gasteiger partial charge in [0, 0.05) is 41.8 Å². The molecule has 0 radical (unpaired) electrons. The smallest absolute Gasteiger partial charge is 0.326 e. The number of nitrogens with zero attached hydrogens (tertiary/aromatic N) is 1. The van der Waals surface area contributed by atoms with Gasteiger partial charge in [0.15, 0.2) is 0 Å². The Hall–Kier alpha value is -3.84. The number of hydrogen-bond donors (Lipinski definition) is 7.